The van der Waals surface area contributed by atoms with E-state index < -0.39 is 40.8 Å². The molecule has 148 valence electrons. The zero-order chi connectivity index (χ0) is 20.4. The Kier molecular flexibility index (Phi) is 4.40. The van der Waals surface area contributed by atoms with Crippen LogP contribution in [0.5, 0.6) is 0 Å². The van der Waals surface area contributed by atoms with Gasteiger partial charge in [0, 0.05) is 35.3 Å². The van der Waals surface area contributed by atoms with Gasteiger partial charge in [-0.2, -0.15) is 0 Å². The summed E-state index contributed by atoms with van der Waals surface area (Å²) in [4.78, 5) is 37.2. The van der Waals surface area contributed by atoms with Crippen molar-refractivity contribution in [3.05, 3.63) is 22.8 Å². The minimum atomic E-state index is -2.05. The van der Waals surface area contributed by atoms with E-state index in [0.717, 1.165) is 0 Å². The Hall–Kier alpha value is -1.99. The molecule has 0 spiro atoms. The Bertz CT molecular complexity index is 794. The fourth-order valence-electron chi connectivity index (χ4n) is 4.72. The second kappa shape index (κ2) is 6.01. The minimum Gasteiger partial charge on any atom is -0.453 e. The van der Waals surface area contributed by atoms with Crippen molar-refractivity contribution in [2.24, 2.45) is 11.3 Å². The number of aliphatic hydroxyl groups is 2. The fraction of sp³-hybridized carbons (Fsp3) is 0.650. The molecule has 1 aliphatic heterocycles. The molecule has 0 aromatic carbocycles. The molecule has 0 aromatic rings. The van der Waals surface area contributed by atoms with Crippen molar-refractivity contribution in [1.29, 1.82) is 0 Å². The average Bonchev–Trinajstić information content (AvgIpc) is 2.82. The first kappa shape index (κ1) is 19.8. The summed E-state index contributed by atoms with van der Waals surface area (Å²) in [5.74, 6) is -4.11. The van der Waals surface area contributed by atoms with Crippen molar-refractivity contribution in [2.75, 3.05) is 0 Å². The summed E-state index contributed by atoms with van der Waals surface area (Å²) in [5.41, 5.74) is -2.14. The lowest BCUT2D eigenvalue weighted by atomic mass is 9.49. The van der Waals surface area contributed by atoms with E-state index in [2.05, 4.69) is 0 Å². The number of hydrogen-bond acceptors (Lipinski definition) is 7. The van der Waals surface area contributed by atoms with Crippen LogP contribution in [0.1, 0.15) is 53.9 Å². The molecule has 0 radical (unpaired) electrons. The van der Waals surface area contributed by atoms with Gasteiger partial charge in [0.05, 0.1) is 11.2 Å². The van der Waals surface area contributed by atoms with Crippen LogP contribution < -0.4 is 0 Å². The number of carbonyl (C=O) groups is 3. The lowest BCUT2D eigenvalue weighted by Gasteiger charge is -2.59. The Morgan fingerprint density at radius 3 is 2.56 bits per heavy atom. The molecule has 5 atom stereocenters. The van der Waals surface area contributed by atoms with Crippen LogP contribution in [-0.2, 0) is 23.9 Å². The highest BCUT2D eigenvalue weighted by molar-refractivity contribution is 5.94. The van der Waals surface area contributed by atoms with Gasteiger partial charge in [0.1, 0.15) is 11.9 Å². The maximum Gasteiger partial charge on any atom is 0.336 e. The quantitative estimate of drug-likeness (QED) is 0.554. The third kappa shape index (κ3) is 2.51. The number of ether oxygens (including phenoxy) is 2. The topological polar surface area (TPSA) is 110 Å². The SMILES string of the molecule is CC=C(C)C(=O)OC1C2=C(C)C(=O)OC2(O)CC2(O)CCC(=O)C(C)C12C. The number of esters is 2. The van der Waals surface area contributed by atoms with Gasteiger partial charge < -0.3 is 19.7 Å². The molecule has 0 aromatic heterocycles. The van der Waals surface area contributed by atoms with Gasteiger partial charge in [-0.3, -0.25) is 4.79 Å². The van der Waals surface area contributed by atoms with Crippen molar-refractivity contribution in [1.82, 2.24) is 0 Å². The molecule has 2 aliphatic carbocycles. The molecule has 27 heavy (non-hydrogen) atoms. The van der Waals surface area contributed by atoms with E-state index in [1.165, 1.54) is 6.92 Å². The van der Waals surface area contributed by atoms with E-state index >= 15 is 0 Å². The monoisotopic (exact) mass is 378 g/mol. The molecule has 5 unspecified atom stereocenters. The van der Waals surface area contributed by atoms with E-state index in [1.807, 2.05) is 0 Å². The fourth-order valence-corrected chi connectivity index (χ4v) is 4.72. The zero-order valence-corrected chi connectivity index (χ0v) is 16.3. The van der Waals surface area contributed by atoms with Crippen molar-refractivity contribution < 1.29 is 34.1 Å². The van der Waals surface area contributed by atoms with Gasteiger partial charge in [-0.05, 0) is 27.2 Å². The Morgan fingerprint density at radius 1 is 1.33 bits per heavy atom. The van der Waals surface area contributed by atoms with Crippen molar-refractivity contribution in [3.63, 3.8) is 0 Å². The maximum absolute atomic E-state index is 12.5. The molecule has 0 saturated heterocycles. The van der Waals surface area contributed by atoms with Gasteiger partial charge >= 0.3 is 11.9 Å². The Morgan fingerprint density at radius 2 is 1.96 bits per heavy atom. The van der Waals surface area contributed by atoms with E-state index in [1.54, 1.807) is 33.8 Å². The average molecular weight is 378 g/mol. The lowest BCUT2D eigenvalue weighted by molar-refractivity contribution is -0.270. The van der Waals surface area contributed by atoms with Crippen molar-refractivity contribution >= 4 is 17.7 Å². The number of fused-ring (bicyclic) bond motifs is 2. The molecular formula is C20H26O7. The third-order valence-electron chi connectivity index (χ3n) is 6.88. The van der Waals surface area contributed by atoms with Crippen molar-refractivity contribution in [3.8, 4) is 0 Å². The minimum absolute atomic E-state index is 0.0556. The number of Topliss-reactive ketones (excluding diaryl/α,β-unsaturated/α-hetero) is 1. The highest BCUT2D eigenvalue weighted by atomic mass is 16.7. The highest BCUT2D eigenvalue weighted by Crippen LogP contribution is 2.61. The molecule has 7 nitrogen and oxygen atoms in total. The van der Waals surface area contributed by atoms with Crippen molar-refractivity contribution in [2.45, 2.75) is 71.4 Å². The maximum atomic E-state index is 12.5. The Balaban J connectivity index is 2.22. The highest BCUT2D eigenvalue weighted by Gasteiger charge is 2.71. The van der Waals surface area contributed by atoms with E-state index in [4.69, 9.17) is 9.47 Å². The summed E-state index contributed by atoms with van der Waals surface area (Å²) in [6, 6.07) is 0. The first-order chi connectivity index (χ1) is 12.4. The summed E-state index contributed by atoms with van der Waals surface area (Å²) in [6.07, 6.45) is 0.385. The van der Waals surface area contributed by atoms with Crippen LogP contribution in [0.15, 0.2) is 22.8 Å². The molecule has 2 N–H and O–H groups in total. The number of allylic oxidation sites excluding steroid dienone is 1. The van der Waals surface area contributed by atoms with Crippen LogP contribution >= 0.6 is 0 Å². The number of hydrogen-bond donors (Lipinski definition) is 2. The van der Waals surface area contributed by atoms with Gasteiger partial charge in [-0.1, -0.05) is 19.9 Å². The molecule has 1 heterocycles. The summed E-state index contributed by atoms with van der Waals surface area (Å²) in [5, 5.41) is 22.5. The van der Waals surface area contributed by atoms with Gasteiger partial charge in [-0.15, -0.1) is 0 Å². The Labute approximate surface area is 158 Å². The summed E-state index contributed by atoms with van der Waals surface area (Å²) in [7, 11) is 0. The van der Waals surface area contributed by atoms with Crippen LogP contribution in [0, 0.1) is 11.3 Å². The van der Waals surface area contributed by atoms with Gasteiger partial charge in [0.15, 0.2) is 0 Å². The van der Waals surface area contributed by atoms with Crippen LogP contribution in [0.4, 0.5) is 0 Å². The third-order valence-corrected chi connectivity index (χ3v) is 6.88. The first-order valence-corrected chi connectivity index (χ1v) is 9.17. The first-order valence-electron chi connectivity index (χ1n) is 9.17. The zero-order valence-electron chi connectivity index (χ0n) is 16.3. The standard InChI is InChI=1S/C20H26O7/c1-6-10(2)16(22)26-15-14-11(3)17(23)27-20(14,25)9-19(24)8-7-13(21)12(4)18(15,19)5/h6,12,15,24-25H,7-9H2,1-5H3. The van der Waals surface area contributed by atoms with E-state index in [0.29, 0.717) is 5.57 Å². The second-order valence-electron chi connectivity index (χ2n) is 8.15. The molecule has 3 rings (SSSR count). The normalized spacial score (nSPS) is 41.8. The van der Waals surface area contributed by atoms with Gasteiger partial charge in [0.25, 0.3) is 0 Å². The predicted octanol–water partition coefficient (Wildman–Crippen LogP) is 1.57. The number of ketones is 1. The molecule has 0 bridgehead atoms. The van der Waals surface area contributed by atoms with Crippen LogP contribution in [0.3, 0.4) is 0 Å². The van der Waals surface area contributed by atoms with E-state index in [9.17, 15) is 24.6 Å². The summed E-state index contributed by atoms with van der Waals surface area (Å²) >= 11 is 0. The second-order valence-corrected chi connectivity index (χ2v) is 8.15. The predicted molar refractivity (Wildman–Crippen MR) is 94.1 cm³/mol. The molecular weight excluding hydrogens is 352 g/mol. The van der Waals surface area contributed by atoms with Crippen LogP contribution in [-0.4, -0.2) is 45.4 Å². The van der Waals surface area contributed by atoms with Crippen LogP contribution in [0.25, 0.3) is 0 Å². The summed E-state index contributed by atoms with van der Waals surface area (Å²) < 4.78 is 10.9. The largest absolute Gasteiger partial charge is 0.453 e. The lowest BCUT2D eigenvalue weighted by Crippen LogP contribution is -2.69. The molecule has 7 heteroatoms. The smallest absolute Gasteiger partial charge is 0.336 e. The molecule has 2 saturated carbocycles. The van der Waals surface area contributed by atoms with Gasteiger partial charge in [0.2, 0.25) is 5.79 Å². The van der Waals surface area contributed by atoms with Crippen LogP contribution in [0.2, 0.25) is 0 Å². The number of carbonyl (C=O) groups excluding carboxylic acids is 3. The van der Waals surface area contributed by atoms with E-state index in [-0.39, 0.29) is 36.2 Å². The molecule has 3 aliphatic rings. The molecule has 0 amide bonds. The summed E-state index contributed by atoms with van der Waals surface area (Å²) in [6.45, 7) is 8.13. The number of rotatable bonds is 2. The van der Waals surface area contributed by atoms with Gasteiger partial charge in [-0.25, -0.2) is 9.59 Å². The molecule has 2 fully saturated rings.